The highest BCUT2D eigenvalue weighted by atomic mass is 16.5. The van der Waals surface area contributed by atoms with Crippen molar-refractivity contribution >= 4 is 28.7 Å². The standard InChI is InChI=1S/C18H16N2O5/c1-2-24-17(22)12-7-3-4-8-13(12)19-16(21)11-20-14-9-5-6-10-15(14)25-18(20)23/h3-10H,2,11H2,1H3,(H,19,21). The molecule has 2 aromatic carbocycles. The van der Waals surface area contributed by atoms with Crippen LogP contribution in [0.1, 0.15) is 17.3 Å². The van der Waals surface area contributed by atoms with Crippen LogP contribution in [-0.4, -0.2) is 23.1 Å². The number of para-hydroxylation sites is 3. The van der Waals surface area contributed by atoms with Gasteiger partial charge in [0.25, 0.3) is 0 Å². The summed E-state index contributed by atoms with van der Waals surface area (Å²) in [7, 11) is 0. The molecule has 0 aliphatic heterocycles. The molecule has 0 saturated heterocycles. The van der Waals surface area contributed by atoms with Crippen molar-refractivity contribution in [2.75, 3.05) is 11.9 Å². The van der Waals surface area contributed by atoms with Gasteiger partial charge in [-0.05, 0) is 31.2 Å². The van der Waals surface area contributed by atoms with Gasteiger partial charge in [0.2, 0.25) is 5.91 Å². The van der Waals surface area contributed by atoms with E-state index in [4.69, 9.17) is 9.15 Å². The van der Waals surface area contributed by atoms with E-state index in [1.807, 2.05) is 0 Å². The largest absolute Gasteiger partial charge is 0.462 e. The molecule has 1 aromatic heterocycles. The summed E-state index contributed by atoms with van der Waals surface area (Å²) in [6.07, 6.45) is 0. The van der Waals surface area contributed by atoms with E-state index in [0.717, 1.165) is 0 Å². The van der Waals surface area contributed by atoms with Crippen LogP contribution in [0.4, 0.5) is 5.69 Å². The molecule has 3 aromatic rings. The summed E-state index contributed by atoms with van der Waals surface area (Å²) in [5.41, 5.74) is 1.52. The summed E-state index contributed by atoms with van der Waals surface area (Å²) in [4.78, 5) is 36.2. The molecule has 0 aliphatic carbocycles. The molecule has 0 spiro atoms. The first-order valence-corrected chi connectivity index (χ1v) is 7.74. The van der Waals surface area contributed by atoms with Crippen molar-refractivity contribution in [1.29, 1.82) is 0 Å². The van der Waals surface area contributed by atoms with Crippen LogP contribution in [0.2, 0.25) is 0 Å². The lowest BCUT2D eigenvalue weighted by Gasteiger charge is -2.10. The predicted molar refractivity (Wildman–Crippen MR) is 91.5 cm³/mol. The van der Waals surface area contributed by atoms with Crippen molar-refractivity contribution in [2.45, 2.75) is 13.5 Å². The molecular weight excluding hydrogens is 324 g/mol. The maximum absolute atomic E-state index is 12.3. The second kappa shape index (κ2) is 7.04. The van der Waals surface area contributed by atoms with Gasteiger partial charge in [0, 0.05) is 0 Å². The number of rotatable bonds is 5. The fourth-order valence-electron chi connectivity index (χ4n) is 2.48. The van der Waals surface area contributed by atoms with Crippen LogP contribution in [0, 0.1) is 0 Å². The Morgan fingerprint density at radius 1 is 1.12 bits per heavy atom. The molecule has 0 radical (unpaired) electrons. The summed E-state index contributed by atoms with van der Waals surface area (Å²) in [5.74, 6) is -1.59. The molecular formula is C18H16N2O5. The number of nitrogens with zero attached hydrogens (tertiary/aromatic N) is 1. The Morgan fingerprint density at radius 3 is 2.64 bits per heavy atom. The van der Waals surface area contributed by atoms with E-state index in [9.17, 15) is 14.4 Å². The molecule has 1 heterocycles. The normalized spacial score (nSPS) is 10.6. The van der Waals surface area contributed by atoms with Gasteiger partial charge in [-0.3, -0.25) is 9.36 Å². The van der Waals surface area contributed by atoms with Crippen molar-refractivity contribution in [1.82, 2.24) is 4.57 Å². The molecule has 3 rings (SSSR count). The number of carbonyl (C=O) groups is 2. The minimum Gasteiger partial charge on any atom is -0.462 e. The molecule has 0 bridgehead atoms. The average molecular weight is 340 g/mol. The van der Waals surface area contributed by atoms with Crippen LogP contribution >= 0.6 is 0 Å². The number of aromatic nitrogens is 1. The monoisotopic (exact) mass is 340 g/mol. The number of carbonyl (C=O) groups excluding carboxylic acids is 2. The fraction of sp³-hybridized carbons (Fsp3) is 0.167. The van der Waals surface area contributed by atoms with Gasteiger partial charge in [0.05, 0.1) is 23.4 Å². The van der Waals surface area contributed by atoms with Gasteiger partial charge in [-0.1, -0.05) is 24.3 Å². The maximum atomic E-state index is 12.3. The highest BCUT2D eigenvalue weighted by molar-refractivity contribution is 6.01. The predicted octanol–water partition coefficient (Wildman–Crippen LogP) is 2.41. The Bertz CT molecular complexity index is 986. The van der Waals surface area contributed by atoms with Gasteiger partial charge in [-0.15, -0.1) is 0 Å². The van der Waals surface area contributed by atoms with Gasteiger partial charge >= 0.3 is 11.7 Å². The van der Waals surface area contributed by atoms with E-state index in [2.05, 4.69) is 5.32 Å². The van der Waals surface area contributed by atoms with Crippen LogP contribution in [-0.2, 0) is 16.1 Å². The molecule has 0 aliphatic rings. The quantitative estimate of drug-likeness (QED) is 0.720. The summed E-state index contributed by atoms with van der Waals surface area (Å²) in [5, 5.41) is 2.64. The van der Waals surface area contributed by atoms with Crippen molar-refractivity contribution < 1.29 is 18.7 Å². The number of hydrogen-bond acceptors (Lipinski definition) is 5. The topological polar surface area (TPSA) is 90.5 Å². The fourth-order valence-corrected chi connectivity index (χ4v) is 2.48. The van der Waals surface area contributed by atoms with E-state index in [1.165, 1.54) is 4.57 Å². The first-order valence-electron chi connectivity index (χ1n) is 7.74. The third kappa shape index (κ3) is 3.45. The number of hydrogen-bond donors (Lipinski definition) is 1. The minimum atomic E-state index is -0.616. The smallest absolute Gasteiger partial charge is 0.420 e. The van der Waals surface area contributed by atoms with Crippen LogP contribution < -0.4 is 11.1 Å². The summed E-state index contributed by atoms with van der Waals surface area (Å²) in [6, 6.07) is 13.4. The van der Waals surface area contributed by atoms with Gasteiger partial charge in [-0.2, -0.15) is 0 Å². The third-order valence-electron chi connectivity index (χ3n) is 3.57. The number of amides is 1. The van der Waals surface area contributed by atoms with Crippen LogP contribution in [0.5, 0.6) is 0 Å². The first-order chi connectivity index (χ1) is 12.1. The number of oxazole rings is 1. The lowest BCUT2D eigenvalue weighted by Crippen LogP contribution is -2.25. The Hall–Kier alpha value is -3.35. The lowest BCUT2D eigenvalue weighted by atomic mass is 10.2. The zero-order chi connectivity index (χ0) is 17.8. The van der Waals surface area contributed by atoms with E-state index in [0.29, 0.717) is 16.8 Å². The van der Waals surface area contributed by atoms with Gasteiger partial charge in [-0.25, -0.2) is 9.59 Å². The first kappa shape index (κ1) is 16.5. The zero-order valence-corrected chi connectivity index (χ0v) is 13.5. The SMILES string of the molecule is CCOC(=O)c1ccccc1NC(=O)Cn1c(=O)oc2ccccc21. The molecule has 7 heteroatoms. The lowest BCUT2D eigenvalue weighted by molar-refractivity contribution is -0.116. The summed E-state index contributed by atoms with van der Waals surface area (Å²) >= 11 is 0. The molecule has 1 N–H and O–H groups in total. The maximum Gasteiger partial charge on any atom is 0.420 e. The molecule has 25 heavy (non-hydrogen) atoms. The minimum absolute atomic E-state index is 0.229. The Morgan fingerprint density at radius 2 is 1.84 bits per heavy atom. The summed E-state index contributed by atoms with van der Waals surface area (Å²) in [6.45, 7) is 1.71. The second-order valence-electron chi connectivity index (χ2n) is 5.24. The van der Waals surface area contributed by atoms with Gasteiger partial charge in [0.15, 0.2) is 5.58 Å². The van der Waals surface area contributed by atoms with Gasteiger partial charge in [0.1, 0.15) is 6.54 Å². The van der Waals surface area contributed by atoms with Crippen molar-refractivity contribution in [3.63, 3.8) is 0 Å². The van der Waals surface area contributed by atoms with Gasteiger partial charge < -0.3 is 14.5 Å². The second-order valence-corrected chi connectivity index (χ2v) is 5.24. The highest BCUT2D eigenvalue weighted by Gasteiger charge is 2.16. The van der Waals surface area contributed by atoms with Crippen LogP contribution in [0.3, 0.4) is 0 Å². The Kier molecular flexibility index (Phi) is 4.65. The molecule has 0 saturated carbocycles. The number of ether oxygens (including phenoxy) is 1. The highest BCUT2D eigenvalue weighted by Crippen LogP contribution is 2.17. The number of nitrogens with one attached hydrogen (secondary N) is 1. The number of esters is 1. The Balaban J connectivity index is 1.83. The van der Waals surface area contributed by atoms with Crippen LogP contribution in [0.15, 0.2) is 57.7 Å². The molecule has 0 unspecified atom stereocenters. The molecule has 7 nitrogen and oxygen atoms in total. The van der Waals surface area contributed by atoms with E-state index in [1.54, 1.807) is 55.5 Å². The van der Waals surface area contributed by atoms with E-state index < -0.39 is 17.6 Å². The van der Waals surface area contributed by atoms with Crippen molar-refractivity contribution in [3.05, 3.63) is 64.6 Å². The van der Waals surface area contributed by atoms with E-state index in [-0.39, 0.29) is 18.7 Å². The van der Waals surface area contributed by atoms with E-state index >= 15 is 0 Å². The van der Waals surface area contributed by atoms with Crippen LogP contribution in [0.25, 0.3) is 11.1 Å². The number of fused-ring (bicyclic) bond motifs is 1. The zero-order valence-electron chi connectivity index (χ0n) is 13.5. The Labute approximate surface area is 142 Å². The average Bonchev–Trinajstić information content (AvgIpc) is 2.91. The molecule has 1 amide bonds. The van der Waals surface area contributed by atoms with Crippen molar-refractivity contribution in [2.24, 2.45) is 0 Å². The molecule has 128 valence electrons. The van der Waals surface area contributed by atoms with Crippen molar-refractivity contribution in [3.8, 4) is 0 Å². The third-order valence-corrected chi connectivity index (χ3v) is 3.57. The summed E-state index contributed by atoms with van der Waals surface area (Å²) < 4.78 is 11.3. The molecule has 0 fully saturated rings. The number of benzene rings is 2. The number of anilines is 1. The molecule has 0 atom stereocenters.